The normalized spacial score (nSPS) is 12.4. The summed E-state index contributed by atoms with van der Waals surface area (Å²) in [6.07, 6.45) is 0.294. The van der Waals surface area contributed by atoms with E-state index in [1.165, 1.54) is 0 Å². The molecule has 0 aromatic heterocycles. The summed E-state index contributed by atoms with van der Waals surface area (Å²) >= 11 is 6.15. The van der Waals surface area contributed by atoms with Crippen LogP contribution in [0.5, 0.6) is 11.5 Å². The number of anilines is 1. The lowest BCUT2D eigenvalue weighted by Gasteiger charge is -2.20. The van der Waals surface area contributed by atoms with Gasteiger partial charge >= 0.3 is 0 Å². The van der Waals surface area contributed by atoms with Gasteiger partial charge < -0.3 is 20.1 Å². The average molecular weight is 361 g/mol. The molecular formula is C18H17ClN2O4. The maximum atomic E-state index is 12.4. The number of hydrogen-bond donors (Lipinski definition) is 2. The number of ether oxygens (including phenoxy) is 2. The number of hydrogen-bond acceptors (Lipinski definition) is 4. The van der Waals surface area contributed by atoms with Crippen LogP contribution >= 0.6 is 11.6 Å². The Hall–Kier alpha value is -2.73. The number of benzene rings is 2. The molecule has 1 aliphatic heterocycles. The van der Waals surface area contributed by atoms with Gasteiger partial charge in [0.25, 0.3) is 5.91 Å². The number of fused-ring (bicyclic) bond motifs is 1. The molecule has 0 radical (unpaired) electrons. The van der Waals surface area contributed by atoms with Crippen LogP contribution < -0.4 is 20.1 Å². The van der Waals surface area contributed by atoms with Crippen LogP contribution in [-0.4, -0.2) is 32.1 Å². The smallest absolute Gasteiger partial charge is 0.255 e. The van der Waals surface area contributed by atoms with Gasteiger partial charge in [0.1, 0.15) is 13.2 Å². The van der Waals surface area contributed by atoms with Gasteiger partial charge in [0.05, 0.1) is 11.4 Å². The van der Waals surface area contributed by atoms with Crippen molar-refractivity contribution in [3.05, 3.63) is 52.5 Å². The van der Waals surface area contributed by atoms with Gasteiger partial charge in [-0.15, -0.1) is 0 Å². The third-order valence-electron chi connectivity index (χ3n) is 3.71. The van der Waals surface area contributed by atoms with E-state index in [1.807, 2.05) is 0 Å². The minimum absolute atomic E-state index is 0.0669. The molecular weight excluding hydrogens is 344 g/mol. The van der Waals surface area contributed by atoms with Crippen molar-refractivity contribution in [2.45, 2.75) is 6.42 Å². The summed E-state index contributed by atoms with van der Waals surface area (Å²) in [5, 5.41) is 5.70. The van der Waals surface area contributed by atoms with Crippen LogP contribution in [0.3, 0.4) is 0 Å². The molecule has 0 bridgehead atoms. The monoisotopic (exact) mass is 360 g/mol. The first kappa shape index (κ1) is 17.1. The second kappa shape index (κ2) is 7.44. The Labute approximate surface area is 150 Å². The maximum Gasteiger partial charge on any atom is 0.255 e. The van der Waals surface area contributed by atoms with E-state index in [1.54, 1.807) is 43.4 Å². The summed E-state index contributed by atoms with van der Waals surface area (Å²) in [7, 11) is 1.59. The summed E-state index contributed by atoms with van der Waals surface area (Å²) < 4.78 is 10.9. The van der Waals surface area contributed by atoms with Crippen LogP contribution in [0.15, 0.2) is 36.4 Å². The molecule has 6 nitrogen and oxygen atoms in total. The molecule has 0 spiro atoms. The third-order valence-corrected chi connectivity index (χ3v) is 4.00. The van der Waals surface area contributed by atoms with Crippen molar-refractivity contribution in [1.82, 2.24) is 5.32 Å². The van der Waals surface area contributed by atoms with Crippen LogP contribution in [-0.2, 0) is 11.2 Å². The molecule has 3 rings (SSSR count). The lowest BCUT2D eigenvalue weighted by molar-refractivity contribution is -0.119. The predicted molar refractivity (Wildman–Crippen MR) is 94.6 cm³/mol. The summed E-state index contributed by atoms with van der Waals surface area (Å²) in [6, 6.07) is 10.2. The lowest BCUT2D eigenvalue weighted by Crippen LogP contribution is -2.20. The second-order valence-electron chi connectivity index (χ2n) is 5.48. The molecule has 25 heavy (non-hydrogen) atoms. The summed E-state index contributed by atoms with van der Waals surface area (Å²) in [5.41, 5.74) is 1.86. The fourth-order valence-corrected chi connectivity index (χ4v) is 2.69. The minimum atomic E-state index is -0.307. The third kappa shape index (κ3) is 4.03. The van der Waals surface area contributed by atoms with Gasteiger partial charge in [-0.3, -0.25) is 9.59 Å². The van der Waals surface area contributed by atoms with E-state index >= 15 is 0 Å². The molecule has 0 unspecified atom stereocenters. The molecule has 0 atom stereocenters. The number of carbonyl (C=O) groups excluding carboxylic acids is 2. The van der Waals surface area contributed by atoms with E-state index in [-0.39, 0.29) is 11.8 Å². The van der Waals surface area contributed by atoms with Crippen molar-refractivity contribution in [2.24, 2.45) is 0 Å². The van der Waals surface area contributed by atoms with Gasteiger partial charge in [0.15, 0.2) is 11.5 Å². The van der Waals surface area contributed by atoms with Crippen molar-refractivity contribution in [3.8, 4) is 11.5 Å². The molecule has 2 aromatic rings. The number of carbonyl (C=O) groups is 2. The van der Waals surface area contributed by atoms with Crippen molar-refractivity contribution in [2.75, 3.05) is 25.6 Å². The van der Waals surface area contributed by atoms with Crippen LogP contribution in [0.1, 0.15) is 15.9 Å². The number of likely N-dealkylation sites (N-methyl/N-ethyl adjacent to an activating group) is 1. The summed E-state index contributed by atoms with van der Waals surface area (Å²) in [6.45, 7) is 0.849. The van der Waals surface area contributed by atoms with E-state index in [0.717, 1.165) is 5.56 Å². The topological polar surface area (TPSA) is 76.7 Å². The van der Waals surface area contributed by atoms with E-state index in [2.05, 4.69) is 10.6 Å². The van der Waals surface area contributed by atoms with Gasteiger partial charge in [-0.05, 0) is 29.8 Å². The van der Waals surface area contributed by atoms with E-state index in [0.29, 0.717) is 47.4 Å². The molecule has 1 heterocycles. The van der Waals surface area contributed by atoms with Crippen molar-refractivity contribution < 1.29 is 19.1 Å². The van der Waals surface area contributed by atoms with Crippen LogP contribution in [0.4, 0.5) is 5.69 Å². The van der Waals surface area contributed by atoms with E-state index in [9.17, 15) is 9.59 Å². The van der Waals surface area contributed by atoms with Crippen molar-refractivity contribution in [1.29, 1.82) is 0 Å². The first-order valence-electron chi connectivity index (χ1n) is 7.77. The highest BCUT2D eigenvalue weighted by Gasteiger charge is 2.19. The van der Waals surface area contributed by atoms with Crippen molar-refractivity contribution in [3.63, 3.8) is 0 Å². The van der Waals surface area contributed by atoms with Crippen LogP contribution in [0.25, 0.3) is 0 Å². The van der Waals surface area contributed by atoms with E-state index < -0.39 is 0 Å². The van der Waals surface area contributed by atoms with Gasteiger partial charge in [-0.1, -0.05) is 23.7 Å². The maximum absolute atomic E-state index is 12.4. The Kier molecular flexibility index (Phi) is 5.09. The number of nitrogens with one attached hydrogen (secondary N) is 2. The molecule has 0 saturated heterocycles. The number of amides is 2. The molecule has 1 aliphatic rings. The Morgan fingerprint density at radius 3 is 2.56 bits per heavy atom. The van der Waals surface area contributed by atoms with Gasteiger partial charge in [-0.2, -0.15) is 0 Å². The second-order valence-corrected chi connectivity index (χ2v) is 5.89. The highest BCUT2D eigenvalue weighted by molar-refractivity contribution is 6.32. The minimum Gasteiger partial charge on any atom is -0.486 e. The largest absolute Gasteiger partial charge is 0.486 e. The Morgan fingerprint density at radius 1 is 1.12 bits per heavy atom. The predicted octanol–water partition coefficient (Wildman–Crippen LogP) is 2.65. The molecule has 7 heteroatoms. The van der Waals surface area contributed by atoms with Gasteiger partial charge in [0.2, 0.25) is 5.91 Å². The van der Waals surface area contributed by atoms with Crippen LogP contribution in [0, 0.1) is 0 Å². The molecule has 0 aliphatic carbocycles. The van der Waals surface area contributed by atoms with Gasteiger partial charge in [0, 0.05) is 18.3 Å². The zero-order valence-corrected chi connectivity index (χ0v) is 14.4. The molecule has 2 amide bonds. The molecule has 0 fully saturated rings. The number of rotatable bonds is 4. The zero-order valence-electron chi connectivity index (χ0n) is 13.6. The first-order valence-corrected chi connectivity index (χ1v) is 8.14. The van der Waals surface area contributed by atoms with E-state index in [4.69, 9.17) is 21.1 Å². The highest BCUT2D eigenvalue weighted by atomic mass is 35.5. The zero-order chi connectivity index (χ0) is 17.8. The van der Waals surface area contributed by atoms with Crippen molar-refractivity contribution >= 4 is 29.1 Å². The summed E-state index contributed by atoms with van der Waals surface area (Å²) in [4.78, 5) is 23.8. The molecule has 130 valence electrons. The Morgan fingerprint density at radius 2 is 1.84 bits per heavy atom. The molecule has 0 saturated carbocycles. The standard InChI is InChI=1S/C18H17ClN2O4/c1-20-16(22)8-11-2-4-13(5-3-11)21-18(23)12-9-14(19)17-15(10-12)24-6-7-25-17/h2-5,9-10H,6-8H2,1H3,(H,20,22)(H,21,23). The summed E-state index contributed by atoms with van der Waals surface area (Å²) in [5.74, 6) is 0.550. The number of halogens is 1. The highest BCUT2D eigenvalue weighted by Crippen LogP contribution is 2.38. The fourth-order valence-electron chi connectivity index (χ4n) is 2.42. The van der Waals surface area contributed by atoms with Crippen LogP contribution in [0.2, 0.25) is 5.02 Å². The Balaban J connectivity index is 1.72. The molecule has 2 aromatic carbocycles. The Bertz CT molecular complexity index is 805. The SMILES string of the molecule is CNC(=O)Cc1ccc(NC(=O)c2cc(Cl)c3c(c2)OCCO3)cc1. The first-order chi connectivity index (χ1) is 12.1. The van der Waals surface area contributed by atoms with Gasteiger partial charge in [-0.25, -0.2) is 0 Å². The molecule has 2 N–H and O–H groups in total. The lowest BCUT2D eigenvalue weighted by atomic mass is 10.1. The fraction of sp³-hybridized carbons (Fsp3) is 0.222. The quantitative estimate of drug-likeness (QED) is 0.878. The average Bonchev–Trinajstić information content (AvgIpc) is 2.63.